The van der Waals surface area contributed by atoms with Crippen LogP contribution in [-0.4, -0.2) is 36.0 Å². The molecule has 0 bridgehead atoms. The summed E-state index contributed by atoms with van der Waals surface area (Å²) in [6, 6.07) is 3.68. The number of nitrogens with zero attached hydrogens (tertiary/aromatic N) is 2. The van der Waals surface area contributed by atoms with Crippen molar-refractivity contribution in [2.24, 2.45) is 5.92 Å². The van der Waals surface area contributed by atoms with Crippen molar-refractivity contribution in [3.05, 3.63) is 34.1 Å². The second-order valence-corrected chi connectivity index (χ2v) is 5.49. The first-order chi connectivity index (χ1) is 9.47. The zero-order valence-electron chi connectivity index (χ0n) is 11.8. The highest BCUT2D eigenvalue weighted by Crippen LogP contribution is 2.26. The van der Waals surface area contributed by atoms with Crippen LogP contribution in [0.15, 0.2) is 18.2 Å². The second-order valence-electron chi connectivity index (χ2n) is 5.49. The molecule has 0 amide bonds. The molecule has 1 aliphatic heterocycles. The van der Waals surface area contributed by atoms with Crippen molar-refractivity contribution in [1.82, 2.24) is 4.90 Å². The van der Waals surface area contributed by atoms with Gasteiger partial charge in [-0.1, -0.05) is 0 Å². The van der Waals surface area contributed by atoms with Crippen molar-refractivity contribution in [1.29, 1.82) is 0 Å². The van der Waals surface area contributed by atoms with Gasteiger partial charge in [0.05, 0.1) is 10.6 Å². The molecule has 2 rings (SSSR count). The van der Waals surface area contributed by atoms with Gasteiger partial charge in [0.25, 0.3) is 5.69 Å². The normalized spacial score (nSPS) is 18.8. The van der Waals surface area contributed by atoms with Gasteiger partial charge < -0.3 is 10.2 Å². The second kappa shape index (κ2) is 6.17. The Labute approximate surface area is 117 Å². The number of rotatable bonds is 4. The van der Waals surface area contributed by atoms with Gasteiger partial charge in [0.1, 0.15) is 5.82 Å². The number of hydrogen-bond donors (Lipinski definition) is 1. The van der Waals surface area contributed by atoms with E-state index in [0.717, 1.165) is 32.0 Å². The van der Waals surface area contributed by atoms with Crippen LogP contribution in [0.4, 0.5) is 15.8 Å². The molecule has 1 saturated heterocycles. The van der Waals surface area contributed by atoms with Gasteiger partial charge in [-0.15, -0.1) is 0 Å². The van der Waals surface area contributed by atoms with Crippen molar-refractivity contribution < 1.29 is 9.31 Å². The molecule has 0 radical (unpaired) electrons. The maximum Gasteiger partial charge on any atom is 0.271 e. The number of hydrogen-bond acceptors (Lipinski definition) is 4. The lowest BCUT2D eigenvalue weighted by Crippen LogP contribution is -2.37. The van der Waals surface area contributed by atoms with E-state index in [4.69, 9.17) is 0 Å². The van der Waals surface area contributed by atoms with Gasteiger partial charge in [-0.05, 0) is 51.9 Å². The zero-order chi connectivity index (χ0) is 14.7. The fourth-order valence-corrected chi connectivity index (χ4v) is 2.63. The third kappa shape index (κ3) is 3.45. The Balaban J connectivity index is 2.05. The third-order valence-corrected chi connectivity index (χ3v) is 4.01. The predicted molar refractivity (Wildman–Crippen MR) is 76.4 cm³/mol. The Hall–Kier alpha value is -1.69. The molecule has 5 nitrogen and oxygen atoms in total. The summed E-state index contributed by atoms with van der Waals surface area (Å²) < 4.78 is 13.7. The fourth-order valence-electron chi connectivity index (χ4n) is 2.63. The quantitative estimate of drug-likeness (QED) is 0.681. The van der Waals surface area contributed by atoms with E-state index in [2.05, 4.69) is 17.3 Å². The Bertz CT molecular complexity index is 487. The molecule has 20 heavy (non-hydrogen) atoms. The molecule has 1 N–H and O–H groups in total. The van der Waals surface area contributed by atoms with E-state index in [1.807, 2.05) is 6.92 Å². The largest absolute Gasteiger partial charge is 0.380 e. The summed E-state index contributed by atoms with van der Waals surface area (Å²) in [5, 5.41) is 13.8. The summed E-state index contributed by atoms with van der Waals surface area (Å²) in [5.41, 5.74) is 0.120. The molecule has 1 aromatic rings. The standard InChI is InChI=1S/C14H20FN3O2/c1-10(11-5-7-17(2)8-6-11)16-14-9-12(18(19)20)3-4-13(14)15/h3-4,9-11,16H,5-8H2,1-2H3. The average molecular weight is 281 g/mol. The summed E-state index contributed by atoms with van der Waals surface area (Å²) in [4.78, 5) is 12.5. The summed E-state index contributed by atoms with van der Waals surface area (Å²) in [6.07, 6.45) is 2.11. The Morgan fingerprint density at radius 1 is 1.45 bits per heavy atom. The topological polar surface area (TPSA) is 58.4 Å². The Morgan fingerprint density at radius 3 is 2.70 bits per heavy atom. The van der Waals surface area contributed by atoms with Gasteiger partial charge >= 0.3 is 0 Å². The van der Waals surface area contributed by atoms with Crippen LogP contribution in [0.2, 0.25) is 0 Å². The molecule has 1 unspecified atom stereocenters. The number of nitro benzene ring substituents is 1. The van der Waals surface area contributed by atoms with Crippen LogP contribution < -0.4 is 5.32 Å². The van der Waals surface area contributed by atoms with Gasteiger partial charge in [0.15, 0.2) is 0 Å². The first-order valence-corrected chi connectivity index (χ1v) is 6.86. The van der Waals surface area contributed by atoms with E-state index in [9.17, 15) is 14.5 Å². The number of nitrogens with one attached hydrogen (secondary N) is 1. The van der Waals surface area contributed by atoms with Crippen LogP contribution in [0.1, 0.15) is 19.8 Å². The number of nitro groups is 1. The van der Waals surface area contributed by atoms with Crippen LogP contribution in [-0.2, 0) is 0 Å². The minimum atomic E-state index is -0.509. The van der Waals surface area contributed by atoms with Crippen LogP contribution >= 0.6 is 0 Å². The number of anilines is 1. The number of likely N-dealkylation sites (tertiary alicyclic amines) is 1. The molecule has 0 aromatic heterocycles. The minimum Gasteiger partial charge on any atom is -0.380 e. The van der Waals surface area contributed by atoms with Crippen molar-refractivity contribution in [2.75, 3.05) is 25.5 Å². The molecule has 0 aliphatic carbocycles. The van der Waals surface area contributed by atoms with Gasteiger partial charge in [-0.2, -0.15) is 0 Å². The molecule has 1 aromatic carbocycles. The number of piperidine rings is 1. The molecular formula is C14H20FN3O2. The first-order valence-electron chi connectivity index (χ1n) is 6.86. The van der Waals surface area contributed by atoms with Gasteiger partial charge in [0.2, 0.25) is 0 Å². The summed E-state index contributed by atoms with van der Waals surface area (Å²) >= 11 is 0. The third-order valence-electron chi connectivity index (χ3n) is 4.01. The maximum atomic E-state index is 13.7. The molecule has 0 saturated carbocycles. The van der Waals surface area contributed by atoms with Gasteiger partial charge in [-0.3, -0.25) is 10.1 Å². The molecule has 6 heteroatoms. The maximum absolute atomic E-state index is 13.7. The first kappa shape index (κ1) is 14.7. The van der Waals surface area contributed by atoms with Gasteiger partial charge in [-0.25, -0.2) is 4.39 Å². The molecule has 110 valence electrons. The van der Waals surface area contributed by atoms with Gasteiger partial charge in [0, 0.05) is 18.2 Å². The Morgan fingerprint density at radius 2 is 2.10 bits per heavy atom. The van der Waals surface area contributed by atoms with E-state index < -0.39 is 10.7 Å². The van der Waals surface area contributed by atoms with Crippen LogP contribution in [0, 0.1) is 21.8 Å². The van der Waals surface area contributed by atoms with Crippen molar-refractivity contribution in [3.8, 4) is 0 Å². The van der Waals surface area contributed by atoms with E-state index in [-0.39, 0.29) is 17.4 Å². The highest BCUT2D eigenvalue weighted by molar-refractivity contribution is 5.52. The van der Waals surface area contributed by atoms with E-state index >= 15 is 0 Å². The van der Waals surface area contributed by atoms with Crippen molar-refractivity contribution in [2.45, 2.75) is 25.8 Å². The number of non-ortho nitro benzene ring substituents is 1. The van der Waals surface area contributed by atoms with E-state index in [1.54, 1.807) is 0 Å². The fraction of sp³-hybridized carbons (Fsp3) is 0.571. The van der Waals surface area contributed by atoms with E-state index in [1.165, 1.54) is 12.1 Å². The lowest BCUT2D eigenvalue weighted by molar-refractivity contribution is -0.384. The van der Waals surface area contributed by atoms with Crippen LogP contribution in [0.25, 0.3) is 0 Å². The molecule has 1 atom stereocenters. The van der Waals surface area contributed by atoms with Crippen molar-refractivity contribution >= 4 is 11.4 Å². The van der Waals surface area contributed by atoms with Crippen LogP contribution in [0.5, 0.6) is 0 Å². The molecule has 1 aliphatic rings. The molecular weight excluding hydrogens is 261 g/mol. The lowest BCUT2D eigenvalue weighted by Gasteiger charge is -2.33. The Kier molecular flexibility index (Phi) is 4.54. The highest BCUT2D eigenvalue weighted by atomic mass is 19.1. The highest BCUT2D eigenvalue weighted by Gasteiger charge is 2.23. The van der Waals surface area contributed by atoms with Crippen LogP contribution in [0.3, 0.4) is 0 Å². The van der Waals surface area contributed by atoms with Crippen molar-refractivity contribution in [3.63, 3.8) is 0 Å². The SMILES string of the molecule is CC(Nc1cc([N+](=O)[O-])ccc1F)C1CCN(C)CC1. The lowest BCUT2D eigenvalue weighted by atomic mass is 9.90. The van der Waals surface area contributed by atoms with E-state index in [0.29, 0.717) is 5.92 Å². The number of benzene rings is 1. The molecule has 1 heterocycles. The zero-order valence-corrected chi connectivity index (χ0v) is 11.8. The summed E-state index contributed by atoms with van der Waals surface area (Å²) in [7, 11) is 2.09. The summed E-state index contributed by atoms with van der Waals surface area (Å²) in [5.74, 6) is 0.0141. The monoisotopic (exact) mass is 281 g/mol. The number of halogens is 1. The average Bonchev–Trinajstić information content (AvgIpc) is 2.41. The smallest absolute Gasteiger partial charge is 0.271 e. The molecule has 1 fully saturated rings. The minimum absolute atomic E-state index is 0.0931. The molecule has 0 spiro atoms. The summed E-state index contributed by atoms with van der Waals surface area (Å²) in [6.45, 7) is 4.08. The predicted octanol–water partition coefficient (Wildman–Crippen LogP) is 2.88.